The second kappa shape index (κ2) is 5.39. The molecule has 2 aromatic rings. The Labute approximate surface area is 110 Å². The molecule has 0 spiro atoms. The summed E-state index contributed by atoms with van der Waals surface area (Å²) in [6, 6.07) is 8.57. The molecule has 0 saturated carbocycles. The molecule has 5 heteroatoms. The van der Waals surface area contributed by atoms with Gasteiger partial charge in [-0.3, -0.25) is 4.79 Å². The van der Waals surface area contributed by atoms with E-state index in [1.54, 1.807) is 36.6 Å². The van der Waals surface area contributed by atoms with Crippen LogP contribution in [0.3, 0.4) is 0 Å². The van der Waals surface area contributed by atoms with Gasteiger partial charge >= 0.3 is 5.97 Å². The molecule has 0 unspecified atom stereocenters. The third-order valence-corrected chi connectivity index (χ3v) is 2.54. The Balaban J connectivity index is 2.47. The molecule has 0 fully saturated rings. The number of nitrogens with one attached hydrogen (secondary N) is 1. The number of amides is 1. The Hall–Kier alpha value is -2.56. The molecule has 0 saturated heterocycles. The summed E-state index contributed by atoms with van der Waals surface area (Å²) in [4.78, 5) is 22.8. The van der Waals surface area contributed by atoms with Crippen molar-refractivity contribution in [1.82, 2.24) is 0 Å². The van der Waals surface area contributed by atoms with E-state index >= 15 is 0 Å². The lowest BCUT2D eigenvalue weighted by atomic mass is 10.1. The van der Waals surface area contributed by atoms with E-state index in [2.05, 4.69) is 5.32 Å². The number of carbonyl (C=O) groups is 2. The van der Waals surface area contributed by atoms with Gasteiger partial charge in [0.05, 0.1) is 24.6 Å². The molecule has 2 rings (SSSR count). The van der Waals surface area contributed by atoms with E-state index in [1.165, 1.54) is 14.0 Å². The first-order valence-electron chi connectivity index (χ1n) is 5.65. The van der Waals surface area contributed by atoms with Crippen molar-refractivity contribution < 1.29 is 18.7 Å². The number of methoxy groups -OCH3 is 1. The van der Waals surface area contributed by atoms with Gasteiger partial charge in [0.15, 0.2) is 0 Å². The van der Waals surface area contributed by atoms with Crippen LogP contribution in [0, 0.1) is 0 Å². The van der Waals surface area contributed by atoms with Crippen LogP contribution in [0.2, 0.25) is 0 Å². The Bertz CT molecular complexity index is 602. The molecule has 0 radical (unpaired) electrons. The number of anilines is 1. The van der Waals surface area contributed by atoms with Crippen molar-refractivity contribution in [1.29, 1.82) is 0 Å². The summed E-state index contributed by atoms with van der Waals surface area (Å²) >= 11 is 0. The summed E-state index contributed by atoms with van der Waals surface area (Å²) in [5.74, 6) is -0.132. The highest BCUT2D eigenvalue weighted by molar-refractivity contribution is 6.01. The number of benzene rings is 1. The fourth-order valence-corrected chi connectivity index (χ4v) is 1.72. The number of carbonyl (C=O) groups excluding carboxylic acids is 2. The van der Waals surface area contributed by atoms with Crippen LogP contribution < -0.4 is 5.32 Å². The molecule has 0 bridgehead atoms. The van der Waals surface area contributed by atoms with Crippen LogP contribution in [0.15, 0.2) is 41.0 Å². The fraction of sp³-hybridized carbons (Fsp3) is 0.143. The quantitative estimate of drug-likeness (QED) is 0.860. The number of hydrogen-bond donors (Lipinski definition) is 1. The van der Waals surface area contributed by atoms with Crippen LogP contribution >= 0.6 is 0 Å². The lowest BCUT2D eigenvalue weighted by Crippen LogP contribution is -2.12. The number of esters is 1. The topological polar surface area (TPSA) is 68.5 Å². The highest BCUT2D eigenvalue weighted by Gasteiger charge is 2.15. The van der Waals surface area contributed by atoms with E-state index in [4.69, 9.17) is 9.15 Å². The largest absolute Gasteiger partial charge is 0.465 e. The van der Waals surface area contributed by atoms with E-state index < -0.39 is 5.97 Å². The monoisotopic (exact) mass is 259 g/mol. The Morgan fingerprint density at radius 1 is 1.26 bits per heavy atom. The molecule has 0 aliphatic heterocycles. The Morgan fingerprint density at radius 2 is 2.05 bits per heavy atom. The Kier molecular flexibility index (Phi) is 3.66. The smallest absolute Gasteiger partial charge is 0.339 e. The minimum absolute atomic E-state index is 0.254. The van der Waals surface area contributed by atoms with Crippen LogP contribution in [0.4, 0.5) is 5.69 Å². The van der Waals surface area contributed by atoms with E-state index in [0.717, 1.165) is 5.56 Å². The molecular weight excluding hydrogens is 246 g/mol. The molecule has 0 atom stereocenters. The average molecular weight is 259 g/mol. The standard InChI is InChI=1S/C14H13NO4/c1-9(16)15-12-6-5-10(13-4-3-7-19-13)8-11(12)14(17)18-2/h3-8H,1-2H3,(H,15,16). The summed E-state index contributed by atoms with van der Waals surface area (Å²) in [5, 5.41) is 2.59. The molecule has 0 aliphatic rings. The summed E-state index contributed by atoms with van der Waals surface area (Å²) in [6.45, 7) is 1.38. The molecule has 0 aliphatic carbocycles. The van der Waals surface area contributed by atoms with Crippen LogP contribution in [0.5, 0.6) is 0 Å². The molecule has 5 nitrogen and oxygen atoms in total. The molecule has 19 heavy (non-hydrogen) atoms. The zero-order valence-corrected chi connectivity index (χ0v) is 10.6. The van der Waals surface area contributed by atoms with E-state index in [1.807, 2.05) is 0 Å². The number of furan rings is 1. The third kappa shape index (κ3) is 2.82. The summed E-state index contributed by atoms with van der Waals surface area (Å²) in [7, 11) is 1.29. The molecule has 1 aromatic carbocycles. The van der Waals surface area contributed by atoms with Crippen molar-refractivity contribution in [3.63, 3.8) is 0 Å². The second-order valence-electron chi connectivity index (χ2n) is 3.91. The zero-order chi connectivity index (χ0) is 13.8. The van der Waals surface area contributed by atoms with E-state index in [-0.39, 0.29) is 11.5 Å². The first kappa shape index (κ1) is 12.9. The average Bonchev–Trinajstić information content (AvgIpc) is 2.91. The highest BCUT2D eigenvalue weighted by atomic mass is 16.5. The van der Waals surface area contributed by atoms with Crippen LogP contribution in [-0.4, -0.2) is 19.0 Å². The van der Waals surface area contributed by atoms with Gasteiger partial charge in [-0.2, -0.15) is 0 Å². The molecule has 1 heterocycles. The summed E-state index contributed by atoms with van der Waals surface area (Å²) in [5.41, 5.74) is 1.43. The maximum Gasteiger partial charge on any atom is 0.339 e. The number of ether oxygens (including phenoxy) is 1. The molecule has 1 amide bonds. The van der Waals surface area contributed by atoms with Crippen LogP contribution in [0.25, 0.3) is 11.3 Å². The van der Waals surface area contributed by atoms with Crippen molar-refractivity contribution in [3.05, 3.63) is 42.2 Å². The van der Waals surface area contributed by atoms with Gasteiger partial charge in [-0.05, 0) is 30.3 Å². The lowest BCUT2D eigenvalue weighted by molar-refractivity contribution is -0.114. The molecule has 1 N–H and O–H groups in total. The fourth-order valence-electron chi connectivity index (χ4n) is 1.72. The van der Waals surface area contributed by atoms with Gasteiger partial charge < -0.3 is 14.5 Å². The molecule has 98 valence electrons. The van der Waals surface area contributed by atoms with Gasteiger partial charge in [-0.15, -0.1) is 0 Å². The van der Waals surface area contributed by atoms with Gasteiger partial charge in [-0.1, -0.05) is 0 Å². The highest BCUT2D eigenvalue weighted by Crippen LogP contribution is 2.26. The number of hydrogen-bond acceptors (Lipinski definition) is 4. The van der Waals surface area contributed by atoms with Crippen molar-refractivity contribution in [2.24, 2.45) is 0 Å². The first-order chi connectivity index (χ1) is 9.11. The Morgan fingerprint density at radius 3 is 2.63 bits per heavy atom. The maximum absolute atomic E-state index is 11.7. The zero-order valence-electron chi connectivity index (χ0n) is 10.6. The van der Waals surface area contributed by atoms with Crippen LogP contribution in [-0.2, 0) is 9.53 Å². The summed E-state index contributed by atoms with van der Waals surface area (Å²) in [6.07, 6.45) is 1.55. The first-order valence-corrected chi connectivity index (χ1v) is 5.65. The third-order valence-electron chi connectivity index (χ3n) is 2.54. The lowest BCUT2D eigenvalue weighted by Gasteiger charge is -2.09. The van der Waals surface area contributed by atoms with Gasteiger partial charge in [0.1, 0.15) is 5.76 Å². The molecular formula is C14H13NO4. The maximum atomic E-state index is 11.7. The van der Waals surface area contributed by atoms with E-state index in [9.17, 15) is 9.59 Å². The van der Waals surface area contributed by atoms with Crippen molar-refractivity contribution in [2.45, 2.75) is 6.92 Å². The normalized spacial score (nSPS) is 10.0. The minimum Gasteiger partial charge on any atom is -0.465 e. The van der Waals surface area contributed by atoms with Crippen molar-refractivity contribution in [2.75, 3.05) is 12.4 Å². The predicted molar refractivity (Wildman–Crippen MR) is 69.8 cm³/mol. The van der Waals surface area contributed by atoms with Gasteiger partial charge in [-0.25, -0.2) is 4.79 Å². The van der Waals surface area contributed by atoms with Crippen LogP contribution in [0.1, 0.15) is 17.3 Å². The minimum atomic E-state index is -0.517. The SMILES string of the molecule is COC(=O)c1cc(-c2ccco2)ccc1NC(C)=O. The van der Waals surface area contributed by atoms with Gasteiger partial charge in [0.25, 0.3) is 0 Å². The van der Waals surface area contributed by atoms with Gasteiger partial charge in [0.2, 0.25) is 5.91 Å². The molecule has 1 aromatic heterocycles. The van der Waals surface area contributed by atoms with Crippen molar-refractivity contribution >= 4 is 17.6 Å². The predicted octanol–water partition coefficient (Wildman–Crippen LogP) is 2.69. The second-order valence-corrected chi connectivity index (χ2v) is 3.91. The van der Waals surface area contributed by atoms with Crippen molar-refractivity contribution in [3.8, 4) is 11.3 Å². The van der Waals surface area contributed by atoms with Gasteiger partial charge in [0, 0.05) is 12.5 Å². The summed E-state index contributed by atoms with van der Waals surface area (Å²) < 4.78 is 9.98. The number of rotatable bonds is 3. The van der Waals surface area contributed by atoms with E-state index in [0.29, 0.717) is 11.4 Å².